The molecule has 116 valence electrons. The van der Waals surface area contributed by atoms with E-state index in [9.17, 15) is 22.8 Å². The van der Waals surface area contributed by atoms with Gasteiger partial charge in [0.2, 0.25) is 5.91 Å². The van der Waals surface area contributed by atoms with E-state index in [-0.39, 0.29) is 0 Å². The highest BCUT2D eigenvalue weighted by atomic mass is 19.4. The smallest absolute Gasteiger partial charge is 0.401 e. The zero-order valence-electron chi connectivity index (χ0n) is 10.7. The molecule has 0 bridgehead atoms. The van der Waals surface area contributed by atoms with Crippen molar-refractivity contribution in [3.8, 4) is 5.75 Å². The Labute approximate surface area is 117 Å². The van der Waals surface area contributed by atoms with E-state index < -0.39 is 37.7 Å². The molecule has 0 saturated heterocycles. The van der Waals surface area contributed by atoms with E-state index in [0.717, 1.165) is 0 Å². The van der Waals surface area contributed by atoms with Gasteiger partial charge >= 0.3 is 12.1 Å². The number of hydrogen-bond donors (Lipinski definition) is 3. The van der Waals surface area contributed by atoms with Crippen molar-refractivity contribution >= 4 is 17.6 Å². The Morgan fingerprint density at radius 3 is 2.33 bits per heavy atom. The highest BCUT2D eigenvalue weighted by Crippen LogP contribution is 2.15. The number of halogens is 3. The normalized spacial score (nSPS) is 11.0. The Morgan fingerprint density at radius 1 is 1.19 bits per heavy atom. The van der Waals surface area contributed by atoms with Crippen LogP contribution in [0, 0.1) is 0 Å². The third-order valence-electron chi connectivity index (χ3n) is 2.11. The zero-order valence-corrected chi connectivity index (χ0v) is 10.7. The number of carboxylic acids is 1. The average molecular weight is 306 g/mol. The topological polar surface area (TPSA) is 87.7 Å². The van der Waals surface area contributed by atoms with Crippen molar-refractivity contribution < 1.29 is 32.6 Å². The first-order valence-electron chi connectivity index (χ1n) is 5.78. The first kappa shape index (κ1) is 16.8. The Hall–Kier alpha value is -2.29. The van der Waals surface area contributed by atoms with E-state index in [0.29, 0.717) is 11.4 Å². The molecule has 0 aromatic heterocycles. The fourth-order valence-electron chi connectivity index (χ4n) is 1.30. The number of aliphatic carboxylic acids is 1. The van der Waals surface area contributed by atoms with Gasteiger partial charge < -0.3 is 20.5 Å². The number of alkyl halides is 3. The first-order valence-corrected chi connectivity index (χ1v) is 5.78. The summed E-state index contributed by atoms with van der Waals surface area (Å²) in [5.41, 5.74) is 0.358. The van der Waals surface area contributed by atoms with Crippen LogP contribution in [0.5, 0.6) is 5.75 Å². The number of carbonyl (C=O) groups is 2. The highest BCUT2D eigenvalue weighted by molar-refractivity contribution is 5.92. The molecule has 0 spiro atoms. The standard InChI is InChI=1S/C12H13F3N2O4/c13-12(14,15)7-16-5-10(18)17-8-1-3-9(4-2-8)21-6-11(19)20/h1-4,16H,5-7H2,(H,17,18)(H,19,20). The summed E-state index contributed by atoms with van der Waals surface area (Å²) < 4.78 is 40.5. The van der Waals surface area contributed by atoms with Crippen molar-refractivity contribution in [1.82, 2.24) is 5.32 Å². The molecule has 0 radical (unpaired) electrons. The lowest BCUT2D eigenvalue weighted by Crippen LogP contribution is -2.35. The predicted octanol–water partition coefficient (Wildman–Crippen LogP) is 1.24. The monoisotopic (exact) mass is 306 g/mol. The van der Waals surface area contributed by atoms with Crippen LogP contribution < -0.4 is 15.4 Å². The van der Waals surface area contributed by atoms with Gasteiger partial charge in [-0.25, -0.2) is 4.79 Å². The average Bonchev–Trinajstić information content (AvgIpc) is 2.36. The van der Waals surface area contributed by atoms with Crippen molar-refractivity contribution in [2.75, 3.05) is 25.0 Å². The predicted molar refractivity (Wildman–Crippen MR) is 67.1 cm³/mol. The molecular weight excluding hydrogens is 293 g/mol. The van der Waals surface area contributed by atoms with Gasteiger partial charge in [-0.1, -0.05) is 0 Å². The van der Waals surface area contributed by atoms with Gasteiger partial charge in [0.15, 0.2) is 6.61 Å². The molecule has 9 heteroatoms. The minimum absolute atomic E-state index is 0.297. The minimum atomic E-state index is -4.37. The molecule has 3 N–H and O–H groups in total. The number of rotatable bonds is 7. The summed E-state index contributed by atoms with van der Waals surface area (Å²) in [5.74, 6) is -1.45. The third-order valence-corrected chi connectivity index (χ3v) is 2.11. The van der Waals surface area contributed by atoms with Gasteiger partial charge in [-0.2, -0.15) is 13.2 Å². The summed E-state index contributed by atoms with van der Waals surface area (Å²) >= 11 is 0. The molecule has 0 heterocycles. The summed E-state index contributed by atoms with van der Waals surface area (Å²) in [6, 6.07) is 5.75. The van der Waals surface area contributed by atoms with E-state index in [1.54, 1.807) is 0 Å². The Kier molecular flexibility index (Phi) is 5.97. The number of nitrogens with one attached hydrogen (secondary N) is 2. The van der Waals surface area contributed by atoms with Crippen molar-refractivity contribution in [3.05, 3.63) is 24.3 Å². The van der Waals surface area contributed by atoms with Crippen LogP contribution in [0.4, 0.5) is 18.9 Å². The van der Waals surface area contributed by atoms with Crippen LogP contribution in [-0.2, 0) is 9.59 Å². The van der Waals surface area contributed by atoms with E-state index in [4.69, 9.17) is 9.84 Å². The van der Waals surface area contributed by atoms with Crippen LogP contribution in [-0.4, -0.2) is 42.9 Å². The lowest BCUT2D eigenvalue weighted by molar-refractivity contribution is -0.139. The van der Waals surface area contributed by atoms with Crippen LogP contribution in [0.2, 0.25) is 0 Å². The number of ether oxygens (including phenoxy) is 1. The van der Waals surface area contributed by atoms with Crippen molar-refractivity contribution in [2.45, 2.75) is 6.18 Å². The first-order chi connectivity index (χ1) is 9.76. The van der Waals surface area contributed by atoms with Gasteiger partial charge in [0.1, 0.15) is 5.75 Å². The molecule has 0 aliphatic heterocycles. The van der Waals surface area contributed by atoms with Crippen LogP contribution in [0.3, 0.4) is 0 Å². The van der Waals surface area contributed by atoms with E-state index in [1.807, 2.05) is 5.32 Å². The number of carbonyl (C=O) groups excluding carboxylic acids is 1. The molecule has 0 atom stereocenters. The third kappa shape index (κ3) is 7.78. The summed E-state index contributed by atoms with van der Waals surface area (Å²) in [6.45, 7) is -2.22. The lowest BCUT2D eigenvalue weighted by Gasteiger charge is -2.09. The molecule has 1 rings (SSSR count). The molecule has 21 heavy (non-hydrogen) atoms. The van der Waals surface area contributed by atoms with E-state index >= 15 is 0 Å². The molecule has 1 aromatic carbocycles. The second-order valence-electron chi connectivity index (χ2n) is 3.97. The van der Waals surface area contributed by atoms with Gasteiger partial charge in [0.25, 0.3) is 0 Å². The molecule has 0 aliphatic rings. The fraction of sp³-hybridized carbons (Fsp3) is 0.333. The molecule has 0 saturated carbocycles. The highest BCUT2D eigenvalue weighted by Gasteiger charge is 2.26. The van der Waals surface area contributed by atoms with Crippen LogP contribution in [0.25, 0.3) is 0 Å². The van der Waals surface area contributed by atoms with Crippen molar-refractivity contribution in [1.29, 1.82) is 0 Å². The van der Waals surface area contributed by atoms with Gasteiger partial charge in [0.05, 0.1) is 13.1 Å². The van der Waals surface area contributed by atoms with Crippen molar-refractivity contribution in [3.63, 3.8) is 0 Å². The summed E-state index contributed by atoms with van der Waals surface area (Å²) in [5, 5.41) is 12.8. The Morgan fingerprint density at radius 2 is 1.81 bits per heavy atom. The van der Waals surface area contributed by atoms with Crippen LogP contribution in [0.15, 0.2) is 24.3 Å². The van der Waals surface area contributed by atoms with Crippen molar-refractivity contribution in [2.24, 2.45) is 0 Å². The number of amides is 1. The largest absolute Gasteiger partial charge is 0.482 e. The molecule has 0 unspecified atom stereocenters. The number of benzene rings is 1. The van der Waals surface area contributed by atoms with Crippen LogP contribution in [0.1, 0.15) is 0 Å². The molecule has 0 fully saturated rings. The number of hydrogen-bond acceptors (Lipinski definition) is 4. The van der Waals surface area contributed by atoms with E-state index in [1.165, 1.54) is 24.3 Å². The van der Waals surface area contributed by atoms with Gasteiger partial charge in [-0.3, -0.25) is 4.79 Å². The molecule has 0 aliphatic carbocycles. The Bertz CT molecular complexity index is 488. The minimum Gasteiger partial charge on any atom is -0.482 e. The molecule has 1 amide bonds. The SMILES string of the molecule is O=C(O)COc1ccc(NC(=O)CNCC(F)(F)F)cc1. The second kappa shape index (κ2) is 7.48. The number of carboxylic acid groups (broad SMARTS) is 1. The van der Waals surface area contributed by atoms with Gasteiger partial charge in [-0.15, -0.1) is 0 Å². The maximum absolute atomic E-state index is 11.9. The maximum atomic E-state index is 11.9. The molecule has 6 nitrogen and oxygen atoms in total. The van der Waals surface area contributed by atoms with E-state index in [2.05, 4.69) is 5.32 Å². The zero-order chi connectivity index (χ0) is 15.9. The number of anilines is 1. The Balaban J connectivity index is 2.37. The molecule has 1 aromatic rings. The summed E-state index contributed by atoms with van der Waals surface area (Å²) in [7, 11) is 0. The van der Waals surface area contributed by atoms with Crippen LogP contribution >= 0.6 is 0 Å². The summed E-state index contributed by atoms with van der Waals surface area (Å²) in [6.07, 6.45) is -4.37. The second-order valence-corrected chi connectivity index (χ2v) is 3.97. The molecular formula is C12H13F3N2O4. The quantitative estimate of drug-likeness (QED) is 0.705. The fourth-order valence-corrected chi connectivity index (χ4v) is 1.30. The van der Waals surface area contributed by atoms with Gasteiger partial charge in [0, 0.05) is 5.69 Å². The lowest BCUT2D eigenvalue weighted by atomic mass is 10.3. The maximum Gasteiger partial charge on any atom is 0.401 e. The van der Waals surface area contributed by atoms with Gasteiger partial charge in [-0.05, 0) is 24.3 Å². The summed E-state index contributed by atoms with van der Waals surface area (Å²) in [4.78, 5) is 21.6.